The molecule has 378 valence electrons. The van der Waals surface area contributed by atoms with Crippen molar-refractivity contribution in [3.05, 3.63) is 146 Å². The summed E-state index contributed by atoms with van der Waals surface area (Å²) in [5.74, 6) is 0. The van der Waals surface area contributed by atoms with Crippen LogP contribution in [-0.2, 0) is 49.4 Å². The van der Waals surface area contributed by atoms with Gasteiger partial charge in [-0.25, -0.2) is 0 Å². The number of benzene rings is 5. The van der Waals surface area contributed by atoms with Gasteiger partial charge in [-0.3, -0.25) is 0 Å². The van der Waals surface area contributed by atoms with E-state index in [-0.39, 0.29) is 0 Å². The maximum absolute atomic E-state index is 14.2. The van der Waals surface area contributed by atoms with Gasteiger partial charge < -0.3 is 4.90 Å². The van der Waals surface area contributed by atoms with Gasteiger partial charge in [0.25, 0.3) is 0 Å². The smallest absolute Gasteiger partial charge is 0.377 e. The molecule has 0 saturated carbocycles. The molecule has 0 bridgehead atoms. The zero-order valence-electron chi connectivity index (χ0n) is 35.2. The third-order valence-electron chi connectivity index (χ3n) is 10.5. The predicted octanol–water partition coefficient (Wildman–Crippen LogP) is 13.9. The van der Waals surface area contributed by atoms with Crippen LogP contribution in [0.1, 0.15) is 61.2 Å². The minimum Gasteiger partial charge on any atom is -0.377 e. The second-order valence-corrected chi connectivity index (χ2v) is 15.9. The van der Waals surface area contributed by atoms with Gasteiger partial charge in [0, 0.05) is 19.8 Å². The molecule has 0 heterocycles. The van der Waals surface area contributed by atoms with Crippen LogP contribution in [0.5, 0.6) is 0 Å². The van der Waals surface area contributed by atoms with Crippen LogP contribution in [0.4, 0.5) is 111 Å². The lowest BCUT2D eigenvalue weighted by Crippen LogP contribution is -2.75. The van der Waals surface area contributed by atoms with Crippen molar-refractivity contribution in [2.45, 2.75) is 70.2 Å². The molecule has 1 nitrogen and oxygen atoms in total. The molecular formula is C43H29BF24N-. The Morgan fingerprint density at radius 1 is 0.275 bits per heavy atom. The molecule has 0 radical (unpaired) electrons. The van der Waals surface area contributed by atoms with Gasteiger partial charge in [-0.1, -0.05) is 66.2 Å². The highest BCUT2D eigenvalue weighted by molar-refractivity contribution is 7.20. The van der Waals surface area contributed by atoms with Crippen molar-refractivity contribution in [2.75, 3.05) is 19.0 Å². The Hall–Kier alpha value is -5.72. The van der Waals surface area contributed by atoms with Crippen LogP contribution in [0, 0.1) is 20.8 Å². The highest BCUT2D eigenvalue weighted by Gasteiger charge is 2.47. The Morgan fingerprint density at radius 2 is 0.435 bits per heavy atom. The van der Waals surface area contributed by atoms with Crippen molar-refractivity contribution in [3.63, 3.8) is 0 Å². The van der Waals surface area contributed by atoms with E-state index in [9.17, 15) is 105 Å². The number of anilines is 1. The van der Waals surface area contributed by atoms with E-state index in [0.717, 1.165) is 0 Å². The average Bonchev–Trinajstić information content (AvgIpc) is 3.15. The summed E-state index contributed by atoms with van der Waals surface area (Å²) in [6, 6.07) is -4.36. The van der Waals surface area contributed by atoms with Crippen LogP contribution < -0.4 is 26.8 Å². The third kappa shape index (κ3) is 12.6. The van der Waals surface area contributed by atoms with Crippen LogP contribution >= 0.6 is 0 Å². The molecule has 69 heavy (non-hydrogen) atoms. The van der Waals surface area contributed by atoms with Gasteiger partial charge in [-0.05, 0) is 56.2 Å². The van der Waals surface area contributed by atoms with Crippen molar-refractivity contribution >= 4 is 33.7 Å². The first kappa shape index (κ1) is 55.9. The lowest BCUT2D eigenvalue weighted by molar-refractivity contribution is -0.144. The number of aryl methyl sites for hydroxylation is 3. The molecule has 0 fully saturated rings. The summed E-state index contributed by atoms with van der Waals surface area (Å²) in [5, 5.41) is 0. The van der Waals surface area contributed by atoms with Crippen molar-refractivity contribution in [3.8, 4) is 0 Å². The van der Waals surface area contributed by atoms with E-state index in [1.165, 1.54) is 22.4 Å². The largest absolute Gasteiger partial charge is 0.416 e. The van der Waals surface area contributed by atoms with Gasteiger partial charge in [0.05, 0.1) is 44.5 Å². The Kier molecular flexibility index (Phi) is 14.8. The Morgan fingerprint density at radius 3 is 0.565 bits per heavy atom. The topological polar surface area (TPSA) is 3.24 Å². The van der Waals surface area contributed by atoms with Gasteiger partial charge in [-0.2, -0.15) is 127 Å². The highest BCUT2D eigenvalue weighted by atomic mass is 19.4. The Labute approximate surface area is 374 Å². The average molecular weight is 1030 g/mol. The first-order chi connectivity index (χ1) is 30.8. The minimum atomic E-state index is -6.13. The fourth-order valence-corrected chi connectivity index (χ4v) is 7.95. The molecule has 0 aliphatic heterocycles. The van der Waals surface area contributed by atoms with E-state index >= 15 is 0 Å². The summed E-state index contributed by atoms with van der Waals surface area (Å²) < 4.78 is 341. The summed E-state index contributed by atoms with van der Waals surface area (Å²) in [6.07, 6.45) is -54.8. The van der Waals surface area contributed by atoms with E-state index in [1.807, 2.05) is 0 Å². The highest BCUT2D eigenvalue weighted by Crippen LogP contribution is 2.41. The molecular weight excluding hydrogens is 997 g/mol. The van der Waals surface area contributed by atoms with Crippen LogP contribution in [-0.4, -0.2) is 20.2 Å². The summed E-state index contributed by atoms with van der Waals surface area (Å²) in [7, 11) is 4.18. The van der Waals surface area contributed by atoms with Crippen LogP contribution in [0.15, 0.2) is 84.9 Å². The van der Waals surface area contributed by atoms with Crippen molar-refractivity contribution in [1.82, 2.24) is 0 Å². The molecule has 0 unspecified atom stereocenters. The molecule has 5 aromatic rings. The number of rotatable bonds is 5. The second-order valence-electron chi connectivity index (χ2n) is 15.9. The van der Waals surface area contributed by atoms with Crippen LogP contribution in [0.3, 0.4) is 0 Å². The lowest BCUT2D eigenvalue weighted by Gasteiger charge is -2.46. The van der Waals surface area contributed by atoms with Crippen LogP contribution in [0.25, 0.3) is 0 Å². The molecule has 0 aromatic heterocycles. The molecule has 26 heteroatoms. The van der Waals surface area contributed by atoms with E-state index in [1.54, 1.807) is 0 Å². The monoisotopic (exact) mass is 1030 g/mol. The molecule has 0 aliphatic rings. The SMILES string of the molecule is Cc1cc(C)c(N(C)C)c(C)c1.FC(F)(F)c1cc([B-](c2cc(C(F)(F)F)cc(C(F)(F)F)c2)(c2cc(C(F)(F)F)cc(C(F)(F)F)c2)c2cc(C(F)(F)F)cc(C(F)(F)F)c2)cc(C(F)(F)F)c1. The normalized spacial score (nSPS) is 13.6. The molecule has 0 amide bonds. The molecule has 0 spiro atoms. The standard InChI is InChI=1S/C32H12BF24.C11H17N/c34-25(35,36)13-1-14(26(37,38)39)6-21(5-13)33(22-7-15(27(40,41)42)2-16(8-22)28(43,44)45,23-9-17(29(46,47)48)3-18(10-23)30(49,50)51)24-11-19(31(52,53)54)4-20(12-24)32(55,56)57;1-8-6-9(2)11(12(4)5)10(3)7-8/h1-12H;6-7H,1-5H3/q-1;. The van der Waals surface area contributed by atoms with E-state index < -0.39 is 195 Å². The molecule has 0 aliphatic carbocycles. The quantitative estimate of drug-likeness (QED) is 0.125. The summed E-state index contributed by atoms with van der Waals surface area (Å²) >= 11 is 0. The van der Waals surface area contributed by atoms with Gasteiger partial charge in [-0.15, -0.1) is 0 Å². The third-order valence-corrected chi connectivity index (χ3v) is 10.5. The number of nitrogens with zero attached hydrogens (tertiary/aromatic N) is 1. The van der Waals surface area contributed by atoms with Crippen molar-refractivity contribution in [1.29, 1.82) is 0 Å². The molecule has 0 saturated heterocycles. The van der Waals surface area contributed by atoms with E-state index in [2.05, 4.69) is 51.9 Å². The Bertz CT molecular complexity index is 2210. The summed E-state index contributed by atoms with van der Waals surface area (Å²) in [6.45, 7) is 6.46. The zero-order chi connectivity index (χ0) is 53.2. The molecule has 5 rings (SSSR count). The summed E-state index contributed by atoms with van der Waals surface area (Å²) in [5.41, 5.74) is -24.8. The first-order valence-corrected chi connectivity index (χ1v) is 18.9. The number of hydrogen-bond donors (Lipinski definition) is 0. The lowest BCUT2D eigenvalue weighted by atomic mass is 9.12. The Balaban J connectivity index is 0.000000750. The fourth-order valence-electron chi connectivity index (χ4n) is 7.95. The van der Waals surface area contributed by atoms with Gasteiger partial charge in [0.15, 0.2) is 0 Å². The zero-order valence-corrected chi connectivity index (χ0v) is 35.2. The number of halogens is 24. The molecule has 5 aromatic carbocycles. The number of alkyl halides is 24. The minimum absolute atomic E-state index is 0.691. The molecule has 0 N–H and O–H groups in total. The summed E-state index contributed by atoms with van der Waals surface area (Å²) in [4.78, 5) is 2.17. The first-order valence-electron chi connectivity index (χ1n) is 18.9. The number of hydrogen-bond acceptors (Lipinski definition) is 1. The maximum Gasteiger partial charge on any atom is 0.416 e. The van der Waals surface area contributed by atoms with Crippen LogP contribution in [0.2, 0.25) is 0 Å². The fraction of sp³-hybridized carbons (Fsp3) is 0.302. The molecule has 0 atom stereocenters. The maximum atomic E-state index is 14.2. The van der Waals surface area contributed by atoms with Gasteiger partial charge >= 0.3 is 49.4 Å². The van der Waals surface area contributed by atoms with E-state index in [4.69, 9.17) is 0 Å². The predicted molar refractivity (Wildman–Crippen MR) is 205 cm³/mol. The van der Waals surface area contributed by atoms with Crippen molar-refractivity contribution in [2.24, 2.45) is 0 Å². The van der Waals surface area contributed by atoms with Crippen molar-refractivity contribution < 1.29 is 105 Å². The van der Waals surface area contributed by atoms with Gasteiger partial charge in [0.2, 0.25) is 0 Å². The second kappa shape index (κ2) is 18.2. The van der Waals surface area contributed by atoms with E-state index in [0.29, 0.717) is 0 Å². The van der Waals surface area contributed by atoms with Gasteiger partial charge in [0.1, 0.15) is 6.15 Å².